The van der Waals surface area contributed by atoms with Crippen LogP contribution in [-0.4, -0.2) is 36.0 Å². The first-order valence-corrected chi connectivity index (χ1v) is 12.3. The Balaban J connectivity index is 0.00000187. The van der Waals surface area contributed by atoms with E-state index in [2.05, 4.69) is 30.5 Å². The Bertz CT molecular complexity index is 882. The van der Waals surface area contributed by atoms with Crippen molar-refractivity contribution in [2.24, 2.45) is 0 Å². The molecule has 1 aliphatic heterocycles. The molecule has 1 aliphatic rings. The smallest absolute Gasteiger partial charge is 0.496 e. The van der Waals surface area contributed by atoms with Crippen molar-refractivity contribution in [1.82, 2.24) is 9.71 Å². The van der Waals surface area contributed by atoms with Crippen molar-refractivity contribution in [2.75, 3.05) is 7.11 Å². The highest BCUT2D eigenvalue weighted by molar-refractivity contribution is 7.97. The van der Waals surface area contributed by atoms with Crippen LogP contribution >= 0.6 is 11.9 Å². The Morgan fingerprint density at radius 3 is 2.12 bits per heavy atom. The third-order valence-corrected chi connectivity index (χ3v) is 6.59. The second kappa shape index (κ2) is 11.1. The summed E-state index contributed by atoms with van der Waals surface area (Å²) in [4.78, 5) is 5.49. The summed E-state index contributed by atoms with van der Waals surface area (Å²) in [6.07, 6.45) is 1.77. The third-order valence-electron chi connectivity index (χ3n) is 5.37. The van der Waals surface area contributed by atoms with E-state index >= 15 is 0 Å². The number of methoxy groups -OCH3 is 1. The van der Waals surface area contributed by atoms with Gasteiger partial charge < -0.3 is 18.8 Å². The lowest BCUT2D eigenvalue weighted by atomic mass is 9.80. The molecule has 0 amide bonds. The molecule has 33 heavy (non-hydrogen) atoms. The van der Waals surface area contributed by atoms with E-state index in [1.165, 1.54) is 11.9 Å². The molecule has 0 atom stereocenters. The fraction of sp³-hybridized carbons (Fsp3) is 0.560. The van der Waals surface area contributed by atoms with E-state index in [-0.39, 0.29) is 5.54 Å². The summed E-state index contributed by atoms with van der Waals surface area (Å²) in [5.41, 5.74) is 1.03. The van der Waals surface area contributed by atoms with Crippen molar-refractivity contribution in [1.29, 1.82) is 0 Å². The highest BCUT2D eigenvalue weighted by Crippen LogP contribution is 2.37. The average molecular weight is 474 g/mol. The van der Waals surface area contributed by atoms with Crippen LogP contribution in [0.2, 0.25) is 0 Å². The van der Waals surface area contributed by atoms with E-state index in [0.29, 0.717) is 12.5 Å². The van der Waals surface area contributed by atoms with Gasteiger partial charge in [0, 0.05) is 17.2 Å². The Kier molecular flexibility index (Phi) is 9.28. The van der Waals surface area contributed by atoms with Crippen LogP contribution in [0.15, 0.2) is 41.4 Å². The number of nitrogens with zero attached hydrogens (tertiary/aromatic N) is 1. The Morgan fingerprint density at radius 1 is 1.03 bits per heavy atom. The lowest BCUT2D eigenvalue weighted by Gasteiger charge is -2.32. The highest BCUT2D eigenvalue weighted by Gasteiger charge is 2.52. The molecule has 1 fully saturated rings. The fourth-order valence-corrected chi connectivity index (χ4v) is 3.63. The number of ether oxygens (including phenoxy) is 2. The minimum Gasteiger partial charge on any atom is -0.497 e. The molecule has 0 unspecified atom stereocenters. The zero-order chi connectivity index (χ0) is 24.9. The van der Waals surface area contributed by atoms with E-state index in [0.717, 1.165) is 21.7 Å². The van der Waals surface area contributed by atoms with Crippen molar-refractivity contribution in [3.05, 3.63) is 42.1 Å². The van der Waals surface area contributed by atoms with Gasteiger partial charge in [-0.3, -0.25) is 4.72 Å². The zero-order valence-electron chi connectivity index (χ0n) is 21.7. The van der Waals surface area contributed by atoms with Crippen molar-refractivity contribution in [2.45, 2.75) is 90.6 Å². The van der Waals surface area contributed by atoms with Gasteiger partial charge in [0.05, 0.1) is 23.2 Å². The second-order valence-corrected chi connectivity index (χ2v) is 10.6. The molecule has 0 spiro atoms. The van der Waals surface area contributed by atoms with Crippen LogP contribution in [0.1, 0.15) is 67.9 Å². The van der Waals surface area contributed by atoms with Gasteiger partial charge in [0.2, 0.25) is 5.88 Å². The van der Waals surface area contributed by atoms with E-state index in [1.54, 1.807) is 13.3 Å². The molecular formula is C25H39BN2O4S. The maximum atomic E-state index is 6.20. The van der Waals surface area contributed by atoms with E-state index in [1.807, 2.05) is 71.9 Å². The molecule has 2 aromatic rings. The molecule has 1 saturated heterocycles. The number of benzene rings is 1. The topological polar surface area (TPSA) is 61.8 Å². The van der Waals surface area contributed by atoms with Gasteiger partial charge in [-0.1, -0.05) is 26.0 Å². The van der Waals surface area contributed by atoms with Crippen molar-refractivity contribution < 1.29 is 18.8 Å². The normalized spacial score (nSPS) is 16.7. The van der Waals surface area contributed by atoms with Gasteiger partial charge in [0.15, 0.2) is 0 Å². The summed E-state index contributed by atoms with van der Waals surface area (Å²) in [6, 6.07) is 9.84. The monoisotopic (exact) mass is 474 g/mol. The third kappa shape index (κ3) is 7.37. The number of hydrogen-bond acceptors (Lipinski definition) is 7. The maximum absolute atomic E-state index is 6.20. The largest absolute Gasteiger partial charge is 0.497 e. The quantitative estimate of drug-likeness (QED) is 0.427. The summed E-state index contributed by atoms with van der Waals surface area (Å²) in [5.74, 6) is 1.39. The Morgan fingerprint density at radius 2 is 1.61 bits per heavy atom. The van der Waals surface area contributed by atoms with Crippen LogP contribution in [0.25, 0.3) is 0 Å². The highest BCUT2D eigenvalue weighted by atomic mass is 32.2. The number of pyridine rings is 1. The van der Waals surface area contributed by atoms with Gasteiger partial charge in [-0.05, 0) is 84.2 Å². The summed E-state index contributed by atoms with van der Waals surface area (Å²) >= 11 is 1.50. The molecule has 1 N–H and O–H groups in total. The standard InChI is InChI=1S/C23H33BN2O4S.C2H6/c1-21(2,3)26-31-19-13-17(24-29-22(4,5)23(6,7)30-24)14-25-20(19)28-15-16-9-11-18(27-8)12-10-16;1-2/h9-14,26H,15H2,1-8H3;1-2H3. The molecule has 8 heteroatoms. The molecule has 1 aromatic carbocycles. The number of aromatic nitrogens is 1. The SMILES string of the molecule is CC.COc1ccc(COc2ncc(B3OC(C)(C)C(C)(C)O3)cc2SNC(C)(C)C)cc1. The van der Waals surface area contributed by atoms with Crippen molar-refractivity contribution >= 4 is 24.5 Å². The van der Waals surface area contributed by atoms with Gasteiger partial charge in [-0.2, -0.15) is 0 Å². The lowest BCUT2D eigenvalue weighted by Crippen LogP contribution is -2.41. The Hall–Kier alpha value is -1.74. The van der Waals surface area contributed by atoms with Crippen molar-refractivity contribution in [3.8, 4) is 11.6 Å². The average Bonchev–Trinajstić information content (AvgIpc) is 2.99. The fourth-order valence-electron chi connectivity index (χ4n) is 2.82. The molecule has 0 aliphatic carbocycles. The van der Waals surface area contributed by atoms with Crippen LogP contribution < -0.4 is 19.7 Å². The van der Waals surface area contributed by atoms with E-state index in [9.17, 15) is 0 Å². The molecule has 2 heterocycles. The minimum absolute atomic E-state index is 0.0712. The first-order chi connectivity index (χ1) is 15.4. The molecule has 0 saturated carbocycles. The minimum atomic E-state index is -0.470. The molecule has 0 bridgehead atoms. The van der Waals surface area contributed by atoms with Gasteiger partial charge in [-0.15, -0.1) is 0 Å². The van der Waals surface area contributed by atoms with Crippen molar-refractivity contribution in [3.63, 3.8) is 0 Å². The number of rotatable bonds is 7. The van der Waals surface area contributed by atoms with Gasteiger partial charge in [0.25, 0.3) is 0 Å². The first kappa shape index (κ1) is 27.5. The molecule has 6 nitrogen and oxygen atoms in total. The summed E-state index contributed by atoms with van der Waals surface area (Å²) in [6.45, 7) is 18.9. The second-order valence-electron chi connectivity index (χ2n) is 9.75. The molecule has 182 valence electrons. The maximum Gasteiger partial charge on any atom is 0.496 e. The molecule has 0 radical (unpaired) electrons. The molecular weight excluding hydrogens is 435 g/mol. The summed E-state index contributed by atoms with van der Waals surface area (Å²) in [5, 5.41) is 0. The molecule has 1 aromatic heterocycles. The van der Waals surface area contributed by atoms with Crippen LogP contribution in [0.3, 0.4) is 0 Å². The zero-order valence-corrected chi connectivity index (χ0v) is 22.6. The van der Waals surface area contributed by atoms with Crippen LogP contribution in [0, 0.1) is 0 Å². The summed E-state index contributed by atoms with van der Waals surface area (Å²) in [7, 11) is 1.19. The van der Waals surface area contributed by atoms with Gasteiger partial charge >= 0.3 is 7.12 Å². The van der Waals surface area contributed by atoms with Gasteiger partial charge in [0.1, 0.15) is 12.4 Å². The number of nitrogens with one attached hydrogen (secondary N) is 1. The van der Waals surface area contributed by atoms with E-state index in [4.69, 9.17) is 18.8 Å². The Labute approximate surface area is 204 Å². The lowest BCUT2D eigenvalue weighted by molar-refractivity contribution is 0.00578. The predicted molar refractivity (Wildman–Crippen MR) is 137 cm³/mol. The summed E-state index contributed by atoms with van der Waals surface area (Å²) < 4.78 is 27.1. The van der Waals surface area contributed by atoms with Crippen LogP contribution in [-0.2, 0) is 15.9 Å². The molecule has 3 rings (SSSR count). The van der Waals surface area contributed by atoms with Gasteiger partial charge in [-0.25, -0.2) is 4.98 Å². The van der Waals surface area contributed by atoms with Crippen LogP contribution in [0.4, 0.5) is 0 Å². The van der Waals surface area contributed by atoms with Crippen LogP contribution in [0.5, 0.6) is 11.6 Å². The predicted octanol–water partition coefficient (Wildman–Crippen LogP) is 5.39. The first-order valence-electron chi connectivity index (χ1n) is 11.5. The van der Waals surface area contributed by atoms with E-state index < -0.39 is 18.3 Å². The number of hydrogen-bond donors (Lipinski definition) is 1.